The van der Waals surface area contributed by atoms with Crippen LogP contribution in [0, 0.1) is 5.92 Å². The average Bonchev–Trinajstić information content (AvgIpc) is 2.37. The Labute approximate surface area is 52.9 Å². The summed E-state index contributed by atoms with van der Waals surface area (Å²) < 4.78 is 4.92. The van der Waals surface area contributed by atoms with Crippen molar-refractivity contribution in [3.63, 3.8) is 0 Å². The van der Waals surface area contributed by atoms with Gasteiger partial charge < -0.3 is 9.57 Å². The van der Waals surface area contributed by atoms with Crippen molar-refractivity contribution in [1.29, 1.82) is 0 Å². The standard InChI is InChI=1S/C5H9NO3/c6-9-5(7)4-1-2-8-3-4/h4H,1-3,6H2/t4-/m0/s1. The van der Waals surface area contributed by atoms with Gasteiger partial charge in [-0.1, -0.05) is 0 Å². The minimum Gasteiger partial charge on any atom is -0.381 e. The molecule has 0 aliphatic carbocycles. The van der Waals surface area contributed by atoms with Crippen LogP contribution in [0.5, 0.6) is 0 Å². The largest absolute Gasteiger partial charge is 0.381 e. The van der Waals surface area contributed by atoms with Gasteiger partial charge in [-0.05, 0) is 6.42 Å². The number of rotatable bonds is 1. The van der Waals surface area contributed by atoms with Crippen molar-refractivity contribution >= 4 is 5.97 Å². The van der Waals surface area contributed by atoms with Gasteiger partial charge in [0.05, 0.1) is 12.5 Å². The molecule has 4 nitrogen and oxygen atoms in total. The van der Waals surface area contributed by atoms with Crippen LogP contribution in [0.25, 0.3) is 0 Å². The Balaban J connectivity index is 2.32. The number of hydrogen-bond acceptors (Lipinski definition) is 4. The molecule has 1 fully saturated rings. The molecule has 0 aromatic rings. The third kappa shape index (κ3) is 1.40. The van der Waals surface area contributed by atoms with Gasteiger partial charge in [0.1, 0.15) is 0 Å². The van der Waals surface area contributed by atoms with Gasteiger partial charge in [0.25, 0.3) is 0 Å². The lowest BCUT2D eigenvalue weighted by Gasteiger charge is -2.00. The van der Waals surface area contributed by atoms with Crippen LogP contribution < -0.4 is 5.90 Å². The number of hydrogen-bond donors (Lipinski definition) is 1. The molecule has 52 valence electrons. The molecule has 2 N–H and O–H groups in total. The SMILES string of the molecule is NOC(=O)[C@H]1CCOC1. The monoisotopic (exact) mass is 131 g/mol. The summed E-state index contributed by atoms with van der Waals surface area (Å²) >= 11 is 0. The molecule has 0 amide bonds. The van der Waals surface area contributed by atoms with E-state index in [1.54, 1.807) is 0 Å². The number of nitrogens with two attached hydrogens (primary N) is 1. The van der Waals surface area contributed by atoms with Gasteiger partial charge in [-0.3, -0.25) is 0 Å². The zero-order valence-corrected chi connectivity index (χ0v) is 5.00. The van der Waals surface area contributed by atoms with E-state index in [0.717, 1.165) is 6.42 Å². The molecular weight excluding hydrogens is 122 g/mol. The van der Waals surface area contributed by atoms with Crippen molar-refractivity contribution in [1.82, 2.24) is 0 Å². The van der Waals surface area contributed by atoms with Gasteiger partial charge in [0.2, 0.25) is 0 Å². The second-order valence-corrected chi connectivity index (χ2v) is 2.00. The number of carbonyl (C=O) groups is 1. The van der Waals surface area contributed by atoms with Crippen LogP contribution in [0.3, 0.4) is 0 Å². The molecule has 1 atom stereocenters. The highest BCUT2D eigenvalue weighted by atomic mass is 16.7. The van der Waals surface area contributed by atoms with Crippen molar-refractivity contribution < 1.29 is 14.4 Å². The lowest BCUT2D eigenvalue weighted by molar-refractivity contribution is -0.149. The van der Waals surface area contributed by atoms with Crippen LogP contribution >= 0.6 is 0 Å². The van der Waals surface area contributed by atoms with Crippen LogP contribution in [0.1, 0.15) is 6.42 Å². The third-order valence-corrected chi connectivity index (χ3v) is 1.38. The Morgan fingerprint density at radius 1 is 1.78 bits per heavy atom. The van der Waals surface area contributed by atoms with Crippen LogP contribution in [0.4, 0.5) is 0 Å². The third-order valence-electron chi connectivity index (χ3n) is 1.38. The number of ether oxygens (including phenoxy) is 1. The fourth-order valence-electron chi connectivity index (χ4n) is 0.817. The average molecular weight is 131 g/mol. The summed E-state index contributed by atoms with van der Waals surface area (Å²) in [5.41, 5.74) is 0. The van der Waals surface area contributed by atoms with E-state index in [9.17, 15) is 4.79 Å². The molecule has 1 aliphatic heterocycles. The van der Waals surface area contributed by atoms with Crippen LogP contribution in [0.2, 0.25) is 0 Å². The molecule has 1 rings (SSSR count). The Kier molecular flexibility index (Phi) is 2.02. The Hall–Kier alpha value is -0.610. The van der Waals surface area contributed by atoms with Crippen molar-refractivity contribution in [3.05, 3.63) is 0 Å². The summed E-state index contributed by atoms with van der Waals surface area (Å²) in [5.74, 6) is 4.15. The van der Waals surface area contributed by atoms with Gasteiger partial charge in [0, 0.05) is 6.61 Å². The summed E-state index contributed by atoms with van der Waals surface area (Å²) in [6.45, 7) is 1.09. The zero-order chi connectivity index (χ0) is 6.69. The molecule has 0 unspecified atom stereocenters. The molecule has 0 aromatic carbocycles. The lowest BCUT2D eigenvalue weighted by atomic mass is 10.1. The maximum Gasteiger partial charge on any atom is 0.329 e. The molecule has 1 heterocycles. The Morgan fingerprint density at radius 3 is 3.00 bits per heavy atom. The van der Waals surface area contributed by atoms with Gasteiger partial charge in [-0.25, -0.2) is 4.79 Å². The highest BCUT2D eigenvalue weighted by Crippen LogP contribution is 2.12. The van der Waals surface area contributed by atoms with E-state index in [1.807, 2.05) is 0 Å². The van der Waals surface area contributed by atoms with E-state index in [1.165, 1.54) is 0 Å². The topological polar surface area (TPSA) is 61.5 Å². The van der Waals surface area contributed by atoms with E-state index in [0.29, 0.717) is 13.2 Å². The lowest BCUT2D eigenvalue weighted by Crippen LogP contribution is -2.20. The van der Waals surface area contributed by atoms with E-state index in [-0.39, 0.29) is 11.9 Å². The van der Waals surface area contributed by atoms with E-state index in [2.05, 4.69) is 10.7 Å². The van der Waals surface area contributed by atoms with Crippen LogP contribution in [0.15, 0.2) is 0 Å². The predicted octanol–water partition coefficient (Wildman–Crippen LogP) is -0.560. The Bertz CT molecular complexity index is 109. The molecule has 1 aliphatic rings. The molecule has 0 aromatic heterocycles. The van der Waals surface area contributed by atoms with Crippen molar-refractivity contribution in [2.45, 2.75) is 6.42 Å². The summed E-state index contributed by atoms with van der Waals surface area (Å²) in [7, 11) is 0. The summed E-state index contributed by atoms with van der Waals surface area (Å²) in [6.07, 6.45) is 0.732. The molecule has 4 heteroatoms. The van der Waals surface area contributed by atoms with Crippen LogP contribution in [-0.4, -0.2) is 19.2 Å². The molecule has 0 saturated carbocycles. The second kappa shape index (κ2) is 2.80. The van der Waals surface area contributed by atoms with E-state index < -0.39 is 0 Å². The number of carbonyl (C=O) groups excluding carboxylic acids is 1. The first kappa shape index (κ1) is 6.51. The molecular formula is C5H9NO3. The van der Waals surface area contributed by atoms with Crippen molar-refractivity contribution in [2.75, 3.05) is 13.2 Å². The first-order valence-electron chi connectivity index (χ1n) is 2.83. The molecule has 0 bridgehead atoms. The first-order valence-corrected chi connectivity index (χ1v) is 2.83. The summed E-state index contributed by atoms with van der Waals surface area (Å²) in [5, 5.41) is 0. The summed E-state index contributed by atoms with van der Waals surface area (Å²) in [6, 6.07) is 0. The predicted molar refractivity (Wildman–Crippen MR) is 29.2 cm³/mol. The second-order valence-electron chi connectivity index (χ2n) is 2.00. The molecule has 0 spiro atoms. The van der Waals surface area contributed by atoms with E-state index in [4.69, 9.17) is 4.74 Å². The zero-order valence-electron chi connectivity index (χ0n) is 5.00. The van der Waals surface area contributed by atoms with Crippen LogP contribution in [-0.2, 0) is 14.4 Å². The highest BCUT2D eigenvalue weighted by molar-refractivity contribution is 5.72. The van der Waals surface area contributed by atoms with Gasteiger partial charge in [-0.15, -0.1) is 0 Å². The molecule has 0 radical (unpaired) electrons. The quantitative estimate of drug-likeness (QED) is 0.484. The molecule has 1 saturated heterocycles. The minimum absolute atomic E-state index is 0.130. The highest BCUT2D eigenvalue weighted by Gasteiger charge is 2.24. The molecule has 9 heavy (non-hydrogen) atoms. The fourth-order valence-corrected chi connectivity index (χ4v) is 0.817. The Morgan fingerprint density at radius 2 is 2.56 bits per heavy atom. The maximum absolute atomic E-state index is 10.6. The van der Waals surface area contributed by atoms with Crippen molar-refractivity contribution in [3.8, 4) is 0 Å². The van der Waals surface area contributed by atoms with Gasteiger partial charge in [-0.2, -0.15) is 5.90 Å². The summed E-state index contributed by atoms with van der Waals surface area (Å²) in [4.78, 5) is 14.6. The maximum atomic E-state index is 10.6. The van der Waals surface area contributed by atoms with Crippen molar-refractivity contribution in [2.24, 2.45) is 11.8 Å². The minimum atomic E-state index is -0.368. The fraction of sp³-hybridized carbons (Fsp3) is 0.800. The first-order chi connectivity index (χ1) is 4.34. The van der Waals surface area contributed by atoms with Gasteiger partial charge >= 0.3 is 5.97 Å². The van der Waals surface area contributed by atoms with Gasteiger partial charge in [0.15, 0.2) is 0 Å². The normalized spacial score (nSPS) is 26.1. The van der Waals surface area contributed by atoms with E-state index >= 15 is 0 Å². The smallest absolute Gasteiger partial charge is 0.329 e.